The molecule has 0 amide bonds. The summed E-state index contributed by atoms with van der Waals surface area (Å²) in [6, 6.07) is 0. The molecule has 0 bridgehead atoms. The maximum absolute atomic E-state index is 2.27. The molecule has 0 aliphatic rings. The zero-order chi connectivity index (χ0) is 6.95. The summed E-state index contributed by atoms with van der Waals surface area (Å²) in [4.78, 5) is 0. The van der Waals surface area contributed by atoms with Gasteiger partial charge in [0.15, 0.2) is 0 Å². The van der Waals surface area contributed by atoms with E-state index in [1.165, 1.54) is 42.7 Å². The van der Waals surface area contributed by atoms with E-state index in [4.69, 9.17) is 0 Å². The Kier molecular flexibility index (Phi) is 9.75. The normalized spacial score (nSPS) is 9.78. The molecular weight excluding hydrogens is 187 g/mol. The number of hydrogen-bond donors (Lipinski definition) is 0. The summed E-state index contributed by atoms with van der Waals surface area (Å²) in [6.07, 6.45) is 8.71. The molecule has 0 saturated heterocycles. The van der Waals surface area contributed by atoms with Gasteiger partial charge in [0.1, 0.15) is 0 Å². The molecule has 0 fully saturated rings. The molecule has 0 unspecified atom stereocenters. The Morgan fingerprint density at radius 3 is 2.00 bits per heavy atom. The minimum atomic E-state index is 1.37. The molecule has 0 nitrogen and oxygen atoms in total. The van der Waals surface area contributed by atoms with Crippen LogP contribution in [0.1, 0.15) is 45.4 Å². The van der Waals surface area contributed by atoms with Crippen LogP contribution in [0.5, 0.6) is 0 Å². The van der Waals surface area contributed by atoms with Crippen molar-refractivity contribution >= 4 is 0 Å². The van der Waals surface area contributed by atoms with E-state index in [9.17, 15) is 0 Å². The van der Waals surface area contributed by atoms with E-state index in [1.54, 1.807) is 24.7 Å². The van der Waals surface area contributed by atoms with Crippen molar-refractivity contribution in [3.63, 3.8) is 0 Å². The number of rotatable bonds is 6. The predicted molar refractivity (Wildman–Crippen MR) is 38.2 cm³/mol. The fourth-order valence-corrected chi connectivity index (χ4v) is 1.52. The Balaban J connectivity index is 2.60. The van der Waals surface area contributed by atoms with Gasteiger partial charge in [-0.1, -0.05) is 0 Å². The van der Waals surface area contributed by atoms with E-state index >= 15 is 0 Å². The first kappa shape index (κ1) is 9.88. The molecule has 53 valence electrons. The topological polar surface area (TPSA) is 0 Å². The monoisotopic (exact) mass is 203 g/mol. The Labute approximate surface area is 74.3 Å². The van der Waals surface area contributed by atoms with Crippen LogP contribution in [0, 0.1) is 0 Å². The second-order valence-electron chi connectivity index (χ2n) is 2.52. The van der Waals surface area contributed by atoms with Crippen LogP contribution in [0.3, 0.4) is 0 Å². The van der Waals surface area contributed by atoms with Crippen molar-refractivity contribution in [2.75, 3.05) is 0 Å². The van der Waals surface area contributed by atoms with Crippen molar-refractivity contribution in [1.82, 2.24) is 0 Å². The molecule has 1 heteroatoms. The van der Waals surface area contributed by atoms with Gasteiger partial charge >= 0.3 is 74.3 Å². The van der Waals surface area contributed by atoms with Crippen LogP contribution < -0.4 is 0 Å². The quantitative estimate of drug-likeness (QED) is 0.582. The molecule has 0 spiro atoms. The summed E-state index contributed by atoms with van der Waals surface area (Å²) < 4.78 is 1.46. The van der Waals surface area contributed by atoms with Gasteiger partial charge in [0.25, 0.3) is 0 Å². The second-order valence-corrected chi connectivity index (χ2v) is 3.75. The summed E-state index contributed by atoms with van der Waals surface area (Å²) in [5.41, 5.74) is 0. The standard InChI is InChI=1S/C8H17.Zr/c1-3-5-7-8-6-4-2;/h1,3-8H2,2H3;. The van der Waals surface area contributed by atoms with E-state index in [0.29, 0.717) is 0 Å². The van der Waals surface area contributed by atoms with E-state index in [-0.39, 0.29) is 0 Å². The van der Waals surface area contributed by atoms with Gasteiger partial charge in [0, 0.05) is 0 Å². The van der Waals surface area contributed by atoms with Crippen LogP contribution in [0.25, 0.3) is 0 Å². The molecule has 9 heavy (non-hydrogen) atoms. The van der Waals surface area contributed by atoms with Crippen LogP contribution in [0.2, 0.25) is 4.13 Å². The SMILES string of the molecule is CCCCCCC[CH2][Zr]. The van der Waals surface area contributed by atoms with E-state index in [0.717, 1.165) is 0 Å². The molecular formula is C8H17Zr. The van der Waals surface area contributed by atoms with Crippen LogP contribution in [0.15, 0.2) is 0 Å². The van der Waals surface area contributed by atoms with Gasteiger partial charge in [-0.25, -0.2) is 0 Å². The van der Waals surface area contributed by atoms with Crippen molar-refractivity contribution in [1.29, 1.82) is 0 Å². The zero-order valence-electron chi connectivity index (χ0n) is 6.45. The summed E-state index contributed by atoms with van der Waals surface area (Å²) >= 11 is 1.71. The molecule has 0 rings (SSSR count). The first-order chi connectivity index (χ1) is 4.41. The average molecular weight is 204 g/mol. The second kappa shape index (κ2) is 8.88. The molecule has 0 N–H and O–H groups in total. The fraction of sp³-hybridized carbons (Fsp3) is 1.00. The van der Waals surface area contributed by atoms with Crippen molar-refractivity contribution in [3.8, 4) is 0 Å². The number of unbranched alkanes of at least 4 members (excludes halogenated alkanes) is 5. The predicted octanol–water partition coefficient (Wildman–Crippen LogP) is 3.31. The third kappa shape index (κ3) is 8.88. The molecule has 0 aromatic carbocycles. The van der Waals surface area contributed by atoms with Gasteiger partial charge in [-0.05, 0) is 0 Å². The van der Waals surface area contributed by atoms with Gasteiger partial charge in [0.05, 0.1) is 0 Å². The summed E-state index contributed by atoms with van der Waals surface area (Å²) in [6.45, 7) is 2.27. The van der Waals surface area contributed by atoms with Gasteiger partial charge in [-0.3, -0.25) is 0 Å². The number of hydrogen-bond acceptors (Lipinski definition) is 0. The Bertz CT molecular complexity index is 37.8. The third-order valence-electron chi connectivity index (χ3n) is 1.53. The molecule has 0 saturated carbocycles. The van der Waals surface area contributed by atoms with Gasteiger partial charge in [0.2, 0.25) is 0 Å². The zero-order valence-corrected chi connectivity index (χ0v) is 8.91. The Morgan fingerprint density at radius 2 is 1.44 bits per heavy atom. The van der Waals surface area contributed by atoms with Crippen LogP contribution >= 0.6 is 0 Å². The Morgan fingerprint density at radius 1 is 0.889 bits per heavy atom. The summed E-state index contributed by atoms with van der Waals surface area (Å²) in [7, 11) is 0. The molecule has 0 heterocycles. The molecule has 0 aromatic heterocycles. The van der Waals surface area contributed by atoms with Crippen molar-refractivity contribution in [2.45, 2.75) is 49.6 Å². The van der Waals surface area contributed by atoms with Crippen LogP contribution in [0.4, 0.5) is 0 Å². The van der Waals surface area contributed by atoms with E-state index in [1.807, 2.05) is 0 Å². The average Bonchev–Trinajstić information content (AvgIpc) is 1.89. The van der Waals surface area contributed by atoms with Crippen molar-refractivity contribution in [3.05, 3.63) is 0 Å². The van der Waals surface area contributed by atoms with Gasteiger partial charge in [-0.2, -0.15) is 0 Å². The minimum absolute atomic E-state index is 1.37. The molecule has 0 aromatic rings. The Hall–Kier alpha value is 0.883. The first-order valence-electron chi connectivity index (χ1n) is 4.06. The first-order valence-corrected chi connectivity index (χ1v) is 5.80. The fourth-order valence-electron chi connectivity index (χ4n) is 0.905. The third-order valence-corrected chi connectivity index (χ3v) is 2.40. The van der Waals surface area contributed by atoms with Crippen molar-refractivity contribution < 1.29 is 24.7 Å². The van der Waals surface area contributed by atoms with Gasteiger partial charge in [-0.15, -0.1) is 0 Å². The van der Waals surface area contributed by atoms with E-state index in [2.05, 4.69) is 6.92 Å². The van der Waals surface area contributed by atoms with Crippen molar-refractivity contribution in [2.24, 2.45) is 0 Å². The molecule has 0 aliphatic heterocycles. The van der Waals surface area contributed by atoms with Gasteiger partial charge < -0.3 is 0 Å². The molecule has 0 atom stereocenters. The summed E-state index contributed by atoms with van der Waals surface area (Å²) in [5.74, 6) is 0. The van der Waals surface area contributed by atoms with Crippen LogP contribution in [-0.4, -0.2) is 0 Å². The van der Waals surface area contributed by atoms with E-state index < -0.39 is 0 Å². The molecule has 0 radical (unpaired) electrons. The van der Waals surface area contributed by atoms with Crippen LogP contribution in [-0.2, 0) is 24.7 Å². The maximum atomic E-state index is 2.27. The molecule has 0 aliphatic carbocycles. The summed E-state index contributed by atoms with van der Waals surface area (Å²) in [5, 5.41) is 0.